The van der Waals surface area contributed by atoms with Gasteiger partial charge in [-0.05, 0) is 64.9 Å². The van der Waals surface area contributed by atoms with Crippen molar-refractivity contribution in [3.05, 3.63) is 57.5 Å². The third-order valence-electron chi connectivity index (χ3n) is 2.64. The van der Waals surface area contributed by atoms with Gasteiger partial charge in [0.2, 0.25) is 0 Å². The molecule has 98 valence electrons. The van der Waals surface area contributed by atoms with Gasteiger partial charge >= 0.3 is 0 Å². The molecule has 0 atom stereocenters. The van der Waals surface area contributed by atoms with Crippen LogP contribution in [-0.2, 0) is 0 Å². The van der Waals surface area contributed by atoms with Crippen molar-refractivity contribution in [1.82, 2.24) is 0 Å². The van der Waals surface area contributed by atoms with Crippen LogP contribution in [0.25, 0.3) is 0 Å². The number of para-hydroxylation sites is 1. The maximum absolute atomic E-state index is 6.07. The fourth-order valence-corrected chi connectivity index (χ4v) is 2.36. The highest BCUT2D eigenvalue weighted by Gasteiger charge is 2.05. The molecule has 2 aromatic rings. The van der Waals surface area contributed by atoms with Crippen LogP contribution >= 0.6 is 39.7 Å². The van der Waals surface area contributed by atoms with Crippen LogP contribution in [0.15, 0.2) is 46.9 Å². The molecule has 2 aromatic carbocycles. The van der Waals surface area contributed by atoms with E-state index in [1.54, 1.807) is 0 Å². The van der Waals surface area contributed by atoms with Crippen molar-refractivity contribution in [2.45, 2.75) is 6.92 Å². The minimum Gasteiger partial charge on any atom is -0.332 e. The van der Waals surface area contributed by atoms with Crippen molar-refractivity contribution >= 4 is 56.2 Å². The van der Waals surface area contributed by atoms with E-state index in [0.717, 1.165) is 21.4 Å². The molecule has 0 unspecified atom stereocenters. The standard InChI is InChI=1S/C14H12BrClN2S/c1-9-11(16)6-4-8-12(9)17-14(19)18-13-7-3-2-5-10(13)15/h2-8H,1H3,(H2,17,18,19). The van der Waals surface area contributed by atoms with E-state index in [2.05, 4.69) is 26.6 Å². The van der Waals surface area contributed by atoms with Gasteiger partial charge in [0.1, 0.15) is 0 Å². The summed E-state index contributed by atoms with van der Waals surface area (Å²) in [7, 11) is 0. The molecule has 19 heavy (non-hydrogen) atoms. The molecule has 0 aliphatic rings. The van der Waals surface area contributed by atoms with Gasteiger partial charge in [0.15, 0.2) is 5.11 Å². The number of hydrogen-bond acceptors (Lipinski definition) is 1. The van der Waals surface area contributed by atoms with Crippen LogP contribution in [0.3, 0.4) is 0 Å². The number of thiocarbonyl (C=S) groups is 1. The summed E-state index contributed by atoms with van der Waals surface area (Å²) in [5.41, 5.74) is 2.79. The Morgan fingerprint density at radius 3 is 2.42 bits per heavy atom. The molecule has 0 amide bonds. The average Bonchev–Trinajstić information content (AvgIpc) is 2.38. The van der Waals surface area contributed by atoms with Gasteiger partial charge < -0.3 is 10.6 Å². The SMILES string of the molecule is Cc1c(Cl)cccc1NC(=S)Nc1ccccc1Br. The quantitative estimate of drug-likeness (QED) is 0.722. The molecule has 0 aliphatic carbocycles. The van der Waals surface area contributed by atoms with Crippen molar-refractivity contribution in [2.75, 3.05) is 10.6 Å². The topological polar surface area (TPSA) is 24.1 Å². The van der Waals surface area contributed by atoms with Gasteiger partial charge in [-0.15, -0.1) is 0 Å². The molecule has 0 radical (unpaired) electrons. The Morgan fingerprint density at radius 2 is 1.68 bits per heavy atom. The molecular weight excluding hydrogens is 344 g/mol. The van der Waals surface area contributed by atoms with E-state index < -0.39 is 0 Å². The van der Waals surface area contributed by atoms with Crippen molar-refractivity contribution in [3.63, 3.8) is 0 Å². The third-order valence-corrected chi connectivity index (χ3v) is 3.94. The highest BCUT2D eigenvalue weighted by atomic mass is 79.9. The second-order valence-electron chi connectivity index (χ2n) is 3.97. The Labute approximate surface area is 131 Å². The first-order valence-electron chi connectivity index (χ1n) is 5.65. The second kappa shape index (κ2) is 6.37. The lowest BCUT2D eigenvalue weighted by atomic mass is 10.2. The number of halogens is 2. The monoisotopic (exact) mass is 354 g/mol. The predicted octanol–water partition coefficient (Wildman–Crippen LogP) is 5.22. The predicted molar refractivity (Wildman–Crippen MR) is 90.2 cm³/mol. The smallest absolute Gasteiger partial charge is 0.175 e. The summed E-state index contributed by atoms with van der Waals surface area (Å²) in [4.78, 5) is 0. The third kappa shape index (κ3) is 3.69. The largest absolute Gasteiger partial charge is 0.332 e. The van der Waals surface area contributed by atoms with Crippen LogP contribution in [0.1, 0.15) is 5.56 Å². The van der Waals surface area contributed by atoms with Gasteiger partial charge in [-0.1, -0.05) is 29.8 Å². The molecule has 2 nitrogen and oxygen atoms in total. The summed E-state index contributed by atoms with van der Waals surface area (Å²) in [6.45, 7) is 1.95. The summed E-state index contributed by atoms with van der Waals surface area (Å²) in [5, 5.41) is 7.52. The molecule has 0 spiro atoms. The van der Waals surface area contributed by atoms with Crippen molar-refractivity contribution in [2.24, 2.45) is 0 Å². The molecule has 5 heteroatoms. The van der Waals surface area contributed by atoms with Crippen LogP contribution in [-0.4, -0.2) is 5.11 Å². The minimum atomic E-state index is 0.525. The molecule has 0 aromatic heterocycles. The van der Waals surface area contributed by atoms with Crippen LogP contribution < -0.4 is 10.6 Å². The van der Waals surface area contributed by atoms with Gasteiger partial charge in [-0.2, -0.15) is 0 Å². The van der Waals surface area contributed by atoms with E-state index in [9.17, 15) is 0 Å². The zero-order valence-corrected chi connectivity index (χ0v) is 13.4. The minimum absolute atomic E-state index is 0.525. The number of hydrogen-bond donors (Lipinski definition) is 2. The zero-order chi connectivity index (χ0) is 13.8. The van der Waals surface area contributed by atoms with Crippen molar-refractivity contribution in [3.8, 4) is 0 Å². The lowest BCUT2D eigenvalue weighted by molar-refractivity contribution is 1.45. The van der Waals surface area contributed by atoms with E-state index >= 15 is 0 Å². The molecule has 2 rings (SSSR count). The zero-order valence-electron chi connectivity index (χ0n) is 10.2. The summed E-state index contributed by atoms with van der Waals surface area (Å²) >= 11 is 14.8. The summed E-state index contributed by atoms with van der Waals surface area (Å²) in [5.74, 6) is 0. The van der Waals surface area contributed by atoms with E-state index in [4.69, 9.17) is 23.8 Å². The van der Waals surface area contributed by atoms with Crippen LogP contribution in [0.2, 0.25) is 5.02 Å². The van der Waals surface area contributed by atoms with Gasteiger partial charge in [0.25, 0.3) is 0 Å². The molecule has 0 fully saturated rings. The van der Waals surface area contributed by atoms with Crippen LogP contribution in [0, 0.1) is 6.92 Å². The first-order chi connectivity index (χ1) is 9.08. The highest BCUT2D eigenvalue weighted by Crippen LogP contribution is 2.24. The van der Waals surface area contributed by atoms with Crippen molar-refractivity contribution in [1.29, 1.82) is 0 Å². The Balaban J connectivity index is 2.10. The van der Waals surface area contributed by atoms with Gasteiger partial charge in [-0.25, -0.2) is 0 Å². The first-order valence-corrected chi connectivity index (χ1v) is 7.23. The molecular formula is C14H12BrClN2S. The maximum Gasteiger partial charge on any atom is 0.175 e. The molecule has 0 aliphatic heterocycles. The van der Waals surface area contributed by atoms with Crippen LogP contribution in [0.5, 0.6) is 0 Å². The fraction of sp³-hybridized carbons (Fsp3) is 0.0714. The fourth-order valence-electron chi connectivity index (χ4n) is 1.58. The highest BCUT2D eigenvalue weighted by molar-refractivity contribution is 9.10. The molecule has 0 saturated heterocycles. The number of benzene rings is 2. The molecule has 0 bridgehead atoms. The average molecular weight is 356 g/mol. The normalized spacial score (nSPS) is 10.1. The first kappa shape index (κ1) is 14.3. The van der Waals surface area contributed by atoms with Gasteiger partial charge in [0, 0.05) is 15.2 Å². The molecule has 2 N–H and O–H groups in total. The summed E-state index contributed by atoms with van der Waals surface area (Å²) < 4.78 is 0.960. The molecule has 0 saturated carbocycles. The van der Waals surface area contributed by atoms with E-state index in [0.29, 0.717) is 10.1 Å². The second-order valence-corrected chi connectivity index (χ2v) is 5.64. The number of nitrogens with one attached hydrogen (secondary N) is 2. The number of rotatable bonds is 2. The Kier molecular flexibility index (Phi) is 4.80. The summed E-state index contributed by atoms with van der Waals surface area (Å²) in [6, 6.07) is 13.5. The Hall–Kier alpha value is -1.10. The van der Waals surface area contributed by atoms with Crippen LogP contribution in [0.4, 0.5) is 11.4 Å². The summed E-state index contributed by atoms with van der Waals surface area (Å²) in [6.07, 6.45) is 0. The lowest BCUT2D eigenvalue weighted by Gasteiger charge is -2.14. The van der Waals surface area contributed by atoms with Gasteiger partial charge in [-0.3, -0.25) is 0 Å². The van der Waals surface area contributed by atoms with E-state index in [1.807, 2.05) is 49.4 Å². The Morgan fingerprint density at radius 1 is 1.05 bits per heavy atom. The number of anilines is 2. The Bertz CT molecular complexity index is 616. The maximum atomic E-state index is 6.07. The van der Waals surface area contributed by atoms with Crippen molar-refractivity contribution < 1.29 is 0 Å². The van der Waals surface area contributed by atoms with E-state index in [1.165, 1.54) is 0 Å². The van der Waals surface area contributed by atoms with Gasteiger partial charge in [0.05, 0.1) is 5.69 Å². The lowest BCUT2D eigenvalue weighted by Crippen LogP contribution is -2.19. The molecule has 0 heterocycles. The van der Waals surface area contributed by atoms with E-state index in [-0.39, 0.29) is 0 Å².